The molecule has 1 aromatic heterocycles. The molecule has 0 aliphatic carbocycles. The molecule has 1 amide bonds. The molecule has 20 heavy (non-hydrogen) atoms. The average molecular weight is 280 g/mol. The number of furan rings is 1. The SMILES string of the molecule is CC(C)CCN(CCC(C)C)C(=O)c1ccc(CN)o1. The lowest BCUT2D eigenvalue weighted by Crippen LogP contribution is -2.34. The first-order valence-electron chi connectivity index (χ1n) is 7.52. The van der Waals surface area contributed by atoms with Crippen LogP contribution in [0.4, 0.5) is 0 Å². The zero-order valence-corrected chi connectivity index (χ0v) is 13.2. The van der Waals surface area contributed by atoms with Crippen LogP contribution in [0.5, 0.6) is 0 Å². The molecule has 0 spiro atoms. The second-order valence-corrected chi connectivity index (χ2v) is 6.13. The van der Waals surface area contributed by atoms with Crippen LogP contribution < -0.4 is 5.73 Å². The average Bonchev–Trinajstić information content (AvgIpc) is 2.86. The van der Waals surface area contributed by atoms with Gasteiger partial charge in [-0.3, -0.25) is 4.79 Å². The number of nitrogens with two attached hydrogens (primary N) is 1. The Morgan fingerprint density at radius 2 is 1.70 bits per heavy atom. The Hall–Kier alpha value is -1.29. The fraction of sp³-hybridized carbons (Fsp3) is 0.688. The molecule has 4 nitrogen and oxygen atoms in total. The molecule has 1 rings (SSSR count). The van der Waals surface area contributed by atoms with Gasteiger partial charge in [-0.2, -0.15) is 0 Å². The summed E-state index contributed by atoms with van der Waals surface area (Å²) in [5, 5.41) is 0. The Morgan fingerprint density at radius 1 is 1.15 bits per heavy atom. The van der Waals surface area contributed by atoms with E-state index < -0.39 is 0 Å². The van der Waals surface area contributed by atoms with Gasteiger partial charge in [0.15, 0.2) is 5.76 Å². The van der Waals surface area contributed by atoms with E-state index in [0.717, 1.165) is 25.9 Å². The highest BCUT2D eigenvalue weighted by molar-refractivity contribution is 5.91. The summed E-state index contributed by atoms with van der Waals surface area (Å²) in [4.78, 5) is 14.4. The lowest BCUT2D eigenvalue weighted by Gasteiger charge is -2.23. The number of rotatable bonds is 8. The summed E-state index contributed by atoms with van der Waals surface area (Å²) >= 11 is 0. The van der Waals surface area contributed by atoms with E-state index in [0.29, 0.717) is 29.9 Å². The quantitative estimate of drug-likeness (QED) is 0.795. The number of carbonyl (C=O) groups excluding carboxylic acids is 1. The predicted octanol–water partition coefficient (Wildman–Crippen LogP) is 3.27. The molecule has 0 unspecified atom stereocenters. The van der Waals surface area contributed by atoms with E-state index in [2.05, 4.69) is 27.7 Å². The summed E-state index contributed by atoms with van der Waals surface area (Å²) in [7, 11) is 0. The van der Waals surface area contributed by atoms with Crippen molar-refractivity contribution in [3.8, 4) is 0 Å². The van der Waals surface area contributed by atoms with Crippen molar-refractivity contribution < 1.29 is 9.21 Å². The van der Waals surface area contributed by atoms with Gasteiger partial charge in [-0.05, 0) is 36.8 Å². The number of hydrogen-bond donors (Lipinski definition) is 1. The molecule has 2 N–H and O–H groups in total. The highest BCUT2D eigenvalue weighted by Gasteiger charge is 2.19. The van der Waals surface area contributed by atoms with E-state index >= 15 is 0 Å². The fourth-order valence-electron chi connectivity index (χ4n) is 1.90. The third-order valence-electron chi connectivity index (χ3n) is 3.31. The normalized spacial score (nSPS) is 11.3. The molecule has 0 atom stereocenters. The minimum absolute atomic E-state index is 0.0222. The Balaban J connectivity index is 2.71. The Kier molecular flexibility index (Phi) is 6.79. The van der Waals surface area contributed by atoms with Crippen LogP contribution in [-0.4, -0.2) is 23.9 Å². The number of nitrogens with zero attached hydrogens (tertiary/aromatic N) is 1. The topological polar surface area (TPSA) is 59.5 Å². The van der Waals surface area contributed by atoms with Crippen molar-refractivity contribution in [2.45, 2.75) is 47.1 Å². The monoisotopic (exact) mass is 280 g/mol. The van der Waals surface area contributed by atoms with Crippen LogP contribution in [0.2, 0.25) is 0 Å². The molecular formula is C16H28N2O2. The lowest BCUT2D eigenvalue weighted by molar-refractivity contribution is 0.0707. The minimum atomic E-state index is -0.0222. The molecule has 0 bridgehead atoms. The Morgan fingerprint density at radius 3 is 2.10 bits per heavy atom. The van der Waals surface area contributed by atoms with Gasteiger partial charge in [0.05, 0.1) is 6.54 Å². The molecule has 4 heteroatoms. The second-order valence-electron chi connectivity index (χ2n) is 6.13. The standard InChI is InChI=1S/C16H28N2O2/c1-12(2)7-9-18(10-8-13(3)4)16(19)15-6-5-14(11-17)20-15/h5-6,12-13H,7-11,17H2,1-4H3. The summed E-state index contributed by atoms with van der Waals surface area (Å²) in [6, 6.07) is 3.50. The van der Waals surface area contributed by atoms with E-state index in [9.17, 15) is 4.79 Å². The summed E-state index contributed by atoms with van der Waals surface area (Å²) in [6.45, 7) is 10.6. The smallest absolute Gasteiger partial charge is 0.289 e. The van der Waals surface area contributed by atoms with Gasteiger partial charge in [-0.25, -0.2) is 0 Å². The van der Waals surface area contributed by atoms with Gasteiger partial charge in [-0.15, -0.1) is 0 Å². The largest absolute Gasteiger partial charge is 0.455 e. The van der Waals surface area contributed by atoms with Crippen molar-refractivity contribution in [2.75, 3.05) is 13.1 Å². The van der Waals surface area contributed by atoms with E-state index in [1.807, 2.05) is 4.90 Å². The molecule has 0 aromatic carbocycles. The predicted molar refractivity (Wildman–Crippen MR) is 81.4 cm³/mol. The molecule has 1 heterocycles. The molecule has 1 aromatic rings. The minimum Gasteiger partial charge on any atom is -0.455 e. The molecule has 0 saturated carbocycles. The molecule has 0 aliphatic heterocycles. The number of carbonyl (C=O) groups is 1. The fourth-order valence-corrected chi connectivity index (χ4v) is 1.90. The highest BCUT2D eigenvalue weighted by atomic mass is 16.4. The van der Waals surface area contributed by atoms with Crippen molar-refractivity contribution in [3.05, 3.63) is 23.7 Å². The summed E-state index contributed by atoms with van der Waals surface area (Å²) in [5.41, 5.74) is 5.52. The zero-order valence-electron chi connectivity index (χ0n) is 13.2. The lowest BCUT2D eigenvalue weighted by atomic mass is 10.1. The van der Waals surface area contributed by atoms with Crippen LogP contribution >= 0.6 is 0 Å². The van der Waals surface area contributed by atoms with Gasteiger partial charge < -0.3 is 15.1 Å². The van der Waals surface area contributed by atoms with Crippen molar-refractivity contribution in [1.29, 1.82) is 0 Å². The molecular weight excluding hydrogens is 252 g/mol. The molecule has 0 aliphatic rings. The van der Waals surface area contributed by atoms with Gasteiger partial charge >= 0.3 is 0 Å². The third-order valence-corrected chi connectivity index (χ3v) is 3.31. The van der Waals surface area contributed by atoms with E-state index in [4.69, 9.17) is 10.2 Å². The van der Waals surface area contributed by atoms with E-state index in [-0.39, 0.29) is 5.91 Å². The van der Waals surface area contributed by atoms with E-state index in [1.165, 1.54) is 0 Å². The Bertz CT molecular complexity index is 398. The molecule has 0 fully saturated rings. The van der Waals surface area contributed by atoms with Gasteiger partial charge in [0, 0.05) is 13.1 Å². The number of hydrogen-bond acceptors (Lipinski definition) is 3. The van der Waals surface area contributed by atoms with Crippen molar-refractivity contribution in [1.82, 2.24) is 4.90 Å². The van der Waals surface area contributed by atoms with Crippen LogP contribution in [0.3, 0.4) is 0 Å². The highest BCUT2D eigenvalue weighted by Crippen LogP contribution is 2.14. The summed E-state index contributed by atoms with van der Waals surface area (Å²) in [5.74, 6) is 2.20. The van der Waals surface area contributed by atoms with Crippen LogP contribution in [0.1, 0.15) is 56.9 Å². The van der Waals surface area contributed by atoms with Gasteiger partial charge in [-0.1, -0.05) is 27.7 Å². The first kappa shape index (κ1) is 16.8. The first-order chi connectivity index (χ1) is 9.43. The Labute approximate surface area is 122 Å². The molecule has 0 radical (unpaired) electrons. The van der Waals surface area contributed by atoms with Gasteiger partial charge in [0.25, 0.3) is 5.91 Å². The third kappa shape index (κ3) is 5.37. The van der Waals surface area contributed by atoms with E-state index in [1.54, 1.807) is 12.1 Å². The summed E-state index contributed by atoms with van der Waals surface area (Å²) in [6.07, 6.45) is 2.02. The van der Waals surface area contributed by atoms with Crippen LogP contribution in [-0.2, 0) is 6.54 Å². The second kappa shape index (κ2) is 8.10. The maximum absolute atomic E-state index is 12.5. The van der Waals surface area contributed by atoms with Crippen molar-refractivity contribution in [2.24, 2.45) is 17.6 Å². The van der Waals surface area contributed by atoms with Crippen LogP contribution in [0, 0.1) is 11.8 Å². The molecule has 0 saturated heterocycles. The van der Waals surface area contributed by atoms with Crippen molar-refractivity contribution in [3.63, 3.8) is 0 Å². The van der Waals surface area contributed by atoms with Crippen LogP contribution in [0.15, 0.2) is 16.5 Å². The van der Waals surface area contributed by atoms with Gasteiger partial charge in [0.1, 0.15) is 5.76 Å². The summed E-state index contributed by atoms with van der Waals surface area (Å²) < 4.78 is 5.47. The maximum atomic E-state index is 12.5. The molecule has 114 valence electrons. The van der Waals surface area contributed by atoms with Crippen LogP contribution in [0.25, 0.3) is 0 Å². The first-order valence-corrected chi connectivity index (χ1v) is 7.52. The van der Waals surface area contributed by atoms with Crippen molar-refractivity contribution >= 4 is 5.91 Å². The number of amides is 1. The zero-order chi connectivity index (χ0) is 15.1. The maximum Gasteiger partial charge on any atom is 0.289 e. The van der Waals surface area contributed by atoms with Gasteiger partial charge in [0.2, 0.25) is 0 Å².